The largest absolute Gasteiger partial charge is 0.533 e. The minimum atomic E-state index is -1.44. The van der Waals surface area contributed by atoms with Gasteiger partial charge in [0, 0.05) is 0 Å². The second-order valence-electron chi connectivity index (χ2n) is 2.68. The van der Waals surface area contributed by atoms with Crippen LogP contribution in [-0.4, -0.2) is 8.32 Å². The smallest absolute Gasteiger partial charge is 0.244 e. The molecule has 0 aliphatic carbocycles. The standard InChI is InChI=1S/C5H13NOSi/c1-5(6)7-8(2,3)4/h1,6H2,2-4H3. The van der Waals surface area contributed by atoms with Gasteiger partial charge < -0.3 is 10.2 Å². The molecule has 0 amide bonds. The molecular weight excluding hydrogens is 118 g/mol. The van der Waals surface area contributed by atoms with E-state index in [4.69, 9.17) is 10.2 Å². The van der Waals surface area contributed by atoms with Crippen LogP contribution in [0.3, 0.4) is 0 Å². The van der Waals surface area contributed by atoms with Crippen molar-refractivity contribution in [3.05, 3.63) is 12.5 Å². The van der Waals surface area contributed by atoms with Crippen LogP contribution in [0.4, 0.5) is 0 Å². The van der Waals surface area contributed by atoms with Gasteiger partial charge in [-0.1, -0.05) is 0 Å². The molecule has 0 aromatic heterocycles. The summed E-state index contributed by atoms with van der Waals surface area (Å²) in [5.74, 6) is 0.337. The van der Waals surface area contributed by atoms with Crippen molar-refractivity contribution >= 4 is 8.32 Å². The van der Waals surface area contributed by atoms with Gasteiger partial charge in [-0.05, 0) is 26.2 Å². The highest BCUT2D eigenvalue weighted by Crippen LogP contribution is 2.03. The Balaban J connectivity index is 3.55. The molecule has 0 atom stereocenters. The Kier molecular flexibility index (Phi) is 2.09. The Hall–Kier alpha value is -0.443. The topological polar surface area (TPSA) is 35.2 Å². The van der Waals surface area contributed by atoms with Gasteiger partial charge in [-0.15, -0.1) is 0 Å². The second kappa shape index (κ2) is 2.22. The normalized spacial score (nSPS) is 10.9. The van der Waals surface area contributed by atoms with Crippen molar-refractivity contribution in [2.75, 3.05) is 0 Å². The molecule has 0 spiro atoms. The fourth-order valence-electron chi connectivity index (χ4n) is 0.393. The fraction of sp³-hybridized carbons (Fsp3) is 0.600. The van der Waals surface area contributed by atoms with Crippen LogP contribution in [0.2, 0.25) is 19.6 Å². The summed E-state index contributed by atoms with van der Waals surface area (Å²) in [6, 6.07) is 0. The van der Waals surface area contributed by atoms with E-state index >= 15 is 0 Å². The molecule has 0 aromatic rings. The molecule has 0 unspecified atom stereocenters. The van der Waals surface area contributed by atoms with Crippen molar-refractivity contribution in [2.24, 2.45) is 5.73 Å². The monoisotopic (exact) mass is 131 g/mol. The maximum Gasteiger partial charge on any atom is 0.244 e. The average Bonchev–Trinajstić information content (AvgIpc) is 1.21. The molecule has 0 aliphatic heterocycles. The average molecular weight is 131 g/mol. The number of hydrogen-bond acceptors (Lipinski definition) is 2. The first-order valence-electron chi connectivity index (χ1n) is 2.55. The Morgan fingerprint density at radius 3 is 1.88 bits per heavy atom. The van der Waals surface area contributed by atoms with Crippen LogP contribution >= 0.6 is 0 Å². The Labute approximate surface area is 51.5 Å². The molecule has 2 N–H and O–H groups in total. The van der Waals surface area contributed by atoms with Crippen molar-refractivity contribution in [3.8, 4) is 0 Å². The third-order valence-electron chi connectivity index (χ3n) is 0.437. The van der Waals surface area contributed by atoms with Gasteiger partial charge in [0.1, 0.15) is 0 Å². The van der Waals surface area contributed by atoms with E-state index in [1.165, 1.54) is 0 Å². The molecule has 8 heavy (non-hydrogen) atoms. The summed E-state index contributed by atoms with van der Waals surface area (Å²) in [4.78, 5) is 0. The lowest BCUT2D eigenvalue weighted by Gasteiger charge is -2.17. The van der Waals surface area contributed by atoms with E-state index in [-0.39, 0.29) is 0 Å². The Morgan fingerprint density at radius 1 is 1.50 bits per heavy atom. The molecule has 48 valence electrons. The van der Waals surface area contributed by atoms with E-state index < -0.39 is 8.32 Å². The molecule has 0 radical (unpaired) electrons. The highest BCUT2D eigenvalue weighted by Gasteiger charge is 2.14. The third kappa shape index (κ3) is 5.56. The maximum absolute atomic E-state index is 5.20. The Bertz CT molecular complexity index is 95.1. The van der Waals surface area contributed by atoms with E-state index in [9.17, 15) is 0 Å². The van der Waals surface area contributed by atoms with E-state index in [2.05, 4.69) is 26.2 Å². The van der Waals surface area contributed by atoms with E-state index in [1.807, 2.05) is 0 Å². The lowest BCUT2D eigenvalue weighted by molar-refractivity contribution is 0.419. The Morgan fingerprint density at radius 2 is 1.88 bits per heavy atom. The van der Waals surface area contributed by atoms with Gasteiger partial charge in [0.05, 0.1) is 0 Å². The minimum absolute atomic E-state index is 0.337. The first-order valence-corrected chi connectivity index (χ1v) is 5.96. The van der Waals surface area contributed by atoms with Gasteiger partial charge in [0.15, 0.2) is 5.88 Å². The molecule has 3 heteroatoms. The van der Waals surface area contributed by atoms with Crippen LogP contribution in [0.5, 0.6) is 0 Å². The summed E-state index contributed by atoms with van der Waals surface area (Å²) in [5, 5.41) is 0. The van der Waals surface area contributed by atoms with Crippen LogP contribution in [0.15, 0.2) is 12.5 Å². The van der Waals surface area contributed by atoms with Crippen LogP contribution in [-0.2, 0) is 4.43 Å². The van der Waals surface area contributed by atoms with Gasteiger partial charge in [0.2, 0.25) is 8.32 Å². The highest BCUT2D eigenvalue weighted by molar-refractivity contribution is 6.70. The number of hydrogen-bond donors (Lipinski definition) is 1. The van der Waals surface area contributed by atoms with Crippen LogP contribution in [0.1, 0.15) is 0 Å². The summed E-state index contributed by atoms with van der Waals surface area (Å²) >= 11 is 0. The van der Waals surface area contributed by atoms with Gasteiger partial charge in [-0.25, -0.2) is 0 Å². The summed E-state index contributed by atoms with van der Waals surface area (Å²) in [6.45, 7) is 9.61. The van der Waals surface area contributed by atoms with Crippen molar-refractivity contribution in [3.63, 3.8) is 0 Å². The highest BCUT2D eigenvalue weighted by atomic mass is 28.4. The van der Waals surface area contributed by atoms with Gasteiger partial charge in [-0.2, -0.15) is 0 Å². The van der Waals surface area contributed by atoms with Crippen molar-refractivity contribution in [1.29, 1.82) is 0 Å². The lowest BCUT2D eigenvalue weighted by atomic mass is 11.0. The molecule has 0 aromatic carbocycles. The molecule has 0 aliphatic rings. The van der Waals surface area contributed by atoms with Crippen molar-refractivity contribution < 1.29 is 4.43 Å². The zero-order chi connectivity index (χ0) is 6.78. The van der Waals surface area contributed by atoms with Crippen LogP contribution < -0.4 is 5.73 Å². The summed E-state index contributed by atoms with van der Waals surface area (Å²) < 4.78 is 5.16. The van der Waals surface area contributed by atoms with Crippen LogP contribution in [0.25, 0.3) is 0 Å². The minimum Gasteiger partial charge on any atom is -0.533 e. The second-order valence-corrected chi connectivity index (χ2v) is 7.11. The van der Waals surface area contributed by atoms with E-state index in [1.54, 1.807) is 0 Å². The first kappa shape index (κ1) is 7.56. The molecule has 2 nitrogen and oxygen atoms in total. The fourth-order valence-corrected chi connectivity index (χ4v) is 1.18. The number of nitrogens with two attached hydrogens (primary N) is 1. The molecule has 0 bridgehead atoms. The van der Waals surface area contributed by atoms with E-state index in [0.29, 0.717) is 5.88 Å². The van der Waals surface area contributed by atoms with Crippen LogP contribution in [0, 0.1) is 0 Å². The van der Waals surface area contributed by atoms with Gasteiger partial charge >= 0.3 is 0 Å². The molecule has 0 fully saturated rings. The molecule has 0 saturated heterocycles. The quantitative estimate of drug-likeness (QED) is 0.452. The first-order chi connectivity index (χ1) is 3.42. The zero-order valence-corrected chi connectivity index (χ0v) is 6.69. The van der Waals surface area contributed by atoms with Gasteiger partial charge in [0.25, 0.3) is 0 Å². The number of rotatable bonds is 2. The summed E-state index contributed by atoms with van der Waals surface area (Å²) in [7, 11) is -1.44. The predicted molar refractivity (Wildman–Crippen MR) is 37.8 cm³/mol. The summed E-state index contributed by atoms with van der Waals surface area (Å²) in [6.07, 6.45) is 0. The van der Waals surface area contributed by atoms with E-state index in [0.717, 1.165) is 0 Å². The lowest BCUT2D eigenvalue weighted by Crippen LogP contribution is -2.26. The molecular formula is C5H13NOSi. The molecule has 0 rings (SSSR count). The maximum atomic E-state index is 5.20. The molecule has 0 saturated carbocycles. The van der Waals surface area contributed by atoms with Gasteiger partial charge in [-0.3, -0.25) is 0 Å². The zero-order valence-electron chi connectivity index (χ0n) is 5.69. The van der Waals surface area contributed by atoms with Crippen molar-refractivity contribution in [1.82, 2.24) is 0 Å². The summed E-state index contributed by atoms with van der Waals surface area (Å²) in [5.41, 5.74) is 5.20. The third-order valence-corrected chi connectivity index (χ3v) is 1.31. The predicted octanol–water partition coefficient (Wildman–Crippen LogP) is 1.27. The van der Waals surface area contributed by atoms with Crippen molar-refractivity contribution in [2.45, 2.75) is 19.6 Å². The molecule has 0 heterocycles. The SMILES string of the molecule is C=C(N)O[Si](C)(C)C.